The van der Waals surface area contributed by atoms with Crippen LogP contribution in [0.15, 0.2) is 60.7 Å². The van der Waals surface area contributed by atoms with Crippen LogP contribution >= 0.6 is 46.4 Å². The Morgan fingerprint density at radius 3 is 2.27 bits per heavy atom. The number of halogens is 4. The first-order valence-corrected chi connectivity index (χ1v) is 10.5. The number of anilines is 1. The van der Waals surface area contributed by atoms with Crippen molar-refractivity contribution in [1.29, 1.82) is 0 Å². The van der Waals surface area contributed by atoms with Gasteiger partial charge in [0.1, 0.15) is 0 Å². The van der Waals surface area contributed by atoms with E-state index < -0.39 is 0 Å². The van der Waals surface area contributed by atoms with Crippen molar-refractivity contribution >= 4 is 68.9 Å². The molecule has 0 fully saturated rings. The van der Waals surface area contributed by atoms with Gasteiger partial charge >= 0.3 is 0 Å². The second kappa shape index (κ2) is 8.44. The summed E-state index contributed by atoms with van der Waals surface area (Å²) in [4.78, 5) is 18.1. The molecule has 3 aromatic carbocycles. The Morgan fingerprint density at radius 1 is 0.867 bits per heavy atom. The zero-order chi connectivity index (χ0) is 21.4. The minimum Gasteiger partial charge on any atom is -0.319 e. The van der Waals surface area contributed by atoms with Crippen LogP contribution in [0.3, 0.4) is 0 Å². The molecule has 0 saturated heterocycles. The number of nitrogens with zero attached hydrogens (tertiary/aromatic N) is 1. The van der Waals surface area contributed by atoms with E-state index in [9.17, 15) is 4.79 Å². The molecular weight excluding hydrogens is 462 g/mol. The Kier molecular flexibility index (Phi) is 5.90. The van der Waals surface area contributed by atoms with E-state index in [4.69, 9.17) is 51.4 Å². The molecular formula is C23H14Cl4N2O. The van der Waals surface area contributed by atoms with E-state index in [-0.39, 0.29) is 5.91 Å². The maximum atomic E-state index is 13.4. The van der Waals surface area contributed by atoms with Crippen molar-refractivity contribution in [3.63, 3.8) is 0 Å². The van der Waals surface area contributed by atoms with Gasteiger partial charge in [0, 0.05) is 16.0 Å². The van der Waals surface area contributed by atoms with Crippen molar-refractivity contribution < 1.29 is 4.79 Å². The summed E-state index contributed by atoms with van der Waals surface area (Å²) < 4.78 is 0. The van der Waals surface area contributed by atoms with Gasteiger partial charge in [0.2, 0.25) is 0 Å². The highest BCUT2D eigenvalue weighted by atomic mass is 35.5. The van der Waals surface area contributed by atoms with Crippen LogP contribution in [0.1, 0.15) is 15.9 Å². The Hall–Kier alpha value is -2.30. The average Bonchev–Trinajstić information content (AvgIpc) is 2.70. The molecule has 30 heavy (non-hydrogen) atoms. The molecule has 1 N–H and O–H groups in total. The number of benzene rings is 3. The van der Waals surface area contributed by atoms with Gasteiger partial charge in [-0.25, -0.2) is 4.98 Å². The Bertz CT molecular complexity index is 1280. The van der Waals surface area contributed by atoms with Gasteiger partial charge in [0.05, 0.1) is 37.5 Å². The van der Waals surface area contributed by atoms with Crippen molar-refractivity contribution in [1.82, 2.24) is 4.98 Å². The highest BCUT2D eigenvalue weighted by molar-refractivity contribution is 6.40. The third-order valence-electron chi connectivity index (χ3n) is 4.75. The quantitative estimate of drug-likeness (QED) is 0.325. The lowest BCUT2D eigenvalue weighted by Crippen LogP contribution is -2.16. The third kappa shape index (κ3) is 3.86. The number of amides is 1. The molecule has 1 amide bonds. The Labute approximate surface area is 193 Å². The normalized spacial score (nSPS) is 11.0. The molecule has 0 aliphatic rings. The molecule has 1 aromatic heterocycles. The van der Waals surface area contributed by atoms with Crippen molar-refractivity contribution in [3.05, 3.63) is 91.9 Å². The van der Waals surface area contributed by atoms with E-state index in [1.807, 2.05) is 31.2 Å². The highest BCUT2D eigenvalue weighted by Crippen LogP contribution is 2.36. The molecule has 0 spiro atoms. The van der Waals surface area contributed by atoms with Crippen LogP contribution in [0.25, 0.3) is 22.2 Å². The van der Waals surface area contributed by atoms with E-state index >= 15 is 0 Å². The van der Waals surface area contributed by atoms with E-state index in [2.05, 4.69) is 5.32 Å². The molecule has 3 nitrogen and oxygen atoms in total. The van der Waals surface area contributed by atoms with Crippen LogP contribution in [-0.4, -0.2) is 10.9 Å². The summed E-state index contributed by atoms with van der Waals surface area (Å²) >= 11 is 25.0. The van der Waals surface area contributed by atoms with E-state index in [1.165, 1.54) is 0 Å². The fourth-order valence-electron chi connectivity index (χ4n) is 3.34. The van der Waals surface area contributed by atoms with E-state index in [1.54, 1.807) is 36.4 Å². The van der Waals surface area contributed by atoms with Gasteiger partial charge in [-0.15, -0.1) is 0 Å². The molecule has 4 rings (SSSR count). The predicted molar refractivity (Wildman–Crippen MR) is 126 cm³/mol. The lowest BCUT2D eigenvalue weighted by Gasteiger charge is -2.16. The summed E-state index contributed by atoms with van der Waals surface area (Å²) in [5.41, 5.74) is 3.47. The second-order valence-electron chi connectivity index (χ2n) is 6.65. The lowest BCUT2D eigenvalue weighted by atomic mass is 9.97. The number of pyridine rings is 1. The third-order valence-corrected chi connectivity index (χ3v) is 5.93. The summed E-state index contributed by atoms with van der Waals surface area (Å²) in [6, 6.07) is 17.7. The van der Waals surface area contributed by atoms with Gasteiger partial charge in [-0.05, 0) is 48.9 Å². The van der Waals surface area contributed by atoms with E-state index in [0.29, 0.717) is 59.1 Å². The largest absolute Gasteiger partial charge is 0.319 e. The summed E-state index contributed by atoms with van der Waals surface area (Å²) in [6.45, 7) is 1.84. The Balaban J connectivity index is 1.92. The first kappa shape index (κ1) is 21.0. The molecule has 0 saturated carbocycles. The van der Waals surface area contributed by atoms with Crippen LogP contribution in [0.2, 0.25) is 20.1 Å². The summed E-state index contributed by atoms with van der Waals surface area (Å²) in [5, 5.41) is 5.24. The number of hydrogen-bond acceptors (Lipinski definition) is 2. The number of carbonyl (C=O) groups is 1. The number of carbonyl (C=O) groups excluding carboxylic acids is 1. The van der Waals surface area contributed by atoms with Gasteiger partial charge < -0.3 is 5.32 Å². The van der Waals surface area contributed by atoms with Gasteiger partial charge in [-0.1, -0.05) is 70.7 Å². The minimum atomic E-state index is -0.340. The van der Waals surface area contributed by atoms with Gasteiger partial charge in [-0.2, -0.15) is 0 Å². The number of hydrogen-bond donors (Lipinski definition) is 1. The standard InChI is InChI=1S/C23H14Cl4N2O/c1-12-20(23(30)29-22-16(25)6-4-7-17(22)26)15-5-2-3-8-19(15)28-21(12)14-10-9-13(24)11-18(14)27/h2-11H,1H3,(H,29,30). The van der Waals surface area contributed by atoms with Gasteiger partial charge in [-0.3, -0.25) is 4.79 Å². The molecule has 0 radical (unpaired) electrons. The monoisotopic (exact) mass is 474 g/mol. The molecule has 1 heterocycles. The van der Waals surface area contributed by atoms with E-state index in [0.717, 1.165) is 0 Å². The van der Waals surface area contributed by atoms with Crippen molar-refractivity contribution in [2.45, 2.75) is 6.92 Å². The molecule has 0 unspecified atom stereocenters. The van der Waals surface area contributed by atoms with Gasteiger partial charge in [0.15, 0.2) is 0 Å². The lowest BCUT2D eigenvalue weighted by molar-refractivity contribution is 0.102. The number of aromatic nitrogens is 1. The summed E-state index contributed by atoms with van der Waals surface area (Å²) in [6.07, 6.45) is 0. The summed E-state index contributed by atoms with van der Waals surface area (Å²) in [7, 11) is 0. The van der Waals surface area contributed by atoms with Crippen LogP contribution in [0, 0.1) is 6.92 Å². The fourth-order valence-corrected chi connectivity index (χ4v) is 4.33. The second-order valence-corrected chi connectivity index (χ2v) is 8.31. The van der Waals surface area contributed by atoms with Crippen molar-refractivity contribution in [3.8, 4) is 11.3 Å². The molecule has 150 valence electrons. The first-order valence-electron chi connectivity index (χ1n) is 8.97. The van der Waals surface area contributed by atoms with Crippen LogP contribution < -0.4 is 5.32 Å². The maximum Gasteiger partial charge on any atom is 0.256 e. The fraction of sp³-hybridized carbons (Fsp3) is 0.0435. The smallest absolute Gasteiger partial charge is 0.256 e. The zero-order valence-corrected chi connectivity index (χ0v) is 18.7. The first-order chi connectivity index (χ1) is 14.4. The Morgan fingerprint density at radius 2 is 1.57 bits per heavy atom. The average molecular weight is 476 g/mol. The molecule has 0 aliphatic heterocycles. The maximum absolute atomic E-state index is 13.4. The molecule has 0 aliphatic carbocycles. The number of fused-ring (bicyclic) bond motifs is 1. The minimum absolute atomic E-state index is 0.340. The van der Waals surface area contributed by atoms with Crippen molar-refractivity contribution in [2.75, 3.05) is 5.32 Å². The number of nitrogens with one attached hydrogen (secondary N) is 1. The SMILES string of the molecule is Cc1c(-c2ccc(Cl)cc2Cl)nc2ccccc2c1C(=O)Nc1c(Cl)cccc1Cl. The van der Waals surface area contributed by atoms with Crippen LogP contribution in [0.5, 0.6) is 0 Å². The van der Waals surface area contributed by atoms with Crippen molar-refractivity contribution in [2.24, 2.45) is 0 Å². The predicted octanol–water partition coefficient (Wildman–Crippen LogP) is 8.08. The number of rotatable bonds is 3. The van der Waals surface area contributed by atoms with Crippen LogP contribution in [0.4, 0.5) is 5.69 Å². The van der Waals surface area contributed by atoms with Crippen LogP contribution in [-0.2, 0) is 0 Å². The zero-order valence-electron chi connectivity index (χ0n) is 15.6. The molecule has 4 aromatic rings. The van der Waals surface area contributed by atoms with Gasteiger partial charge in [0.25, 0.3) is 5.91 Å². The molecule has 0 atom stereocenters. The summed E-state index contributed by atoms with van der Waals surface area (Å²) in [5.74, 6) is -0.340. The highest BCUT2D eigenvalue weighted by Gasteiger charge is 2.21. The molecule has 0 bridgehead atoms. The number of para-hydroxylation sites is 2. The topological polar surface area (TPSA) is 42.0 Å². The molecule has 7 heteroatoms.